The van der Waals surface area contributed by atoms with Crippen LogP contribution in [-0.4, -0.2) is 64.9 Å². The predicted molar refractivity (Wildman–Crippen MR) is 216 cm³/mol. The van der Waals surface area contributed by atoms with Crippen LogP contribution in [0.15, 0.2) is 101 Å². The zero-order chi connectivity index (χ0) is 40.8. The number of rotatable bonds is 10. The van der Waals surface area contributed by atoms with E-state index in [0.717, 1.165) is 28.9 Å². The van der Waals surface area contributed by atoms with Gasteiger partial charge >= 0.3 is 5.69 Å². The zero-order valence-corrected chi connectivity index (χ0v) is 32.8. The van der Waals surface area contributed by atoms with E-state index >= 15 is 0 Å². The van der Waals surface area contributed by atoms with Crippen molar-refractivity contribution < 1.29 is 18.4 Å². The van der Waals surface area contributed by atoms with E-state index in [4.69, 9.17) is 0 Å². The number of imidazole rings is 1. The lowest BCUT2D eigenvalue weighted by atomic mass is 9.90. The Labute approximate surface area is 329 Å². The molecule has 0 radical (unpaired) electrons. The van der Waals surface area contributed by atoms with Crippen LogP contribution in [0.25, 0.3) is 22.4 Å². The fourth-order valence-corrected chi connectivity index (χ4v) is 7.54. The van der Waals surface area contributed by atoms with Crippen molar-refractivity contribution in [2.24, 2.45) is 0 Å². The van der Waals surface area contributed by atoms with E-state index in [-0.39, 0.29) is 34.2 Å². The number of nitrogens with zero attached hydrogens (tertiary/aromatic N) is 6. The quantitative estimate of drug-likeness (QED) is 0.163. The third-order valence-corrected chi connectivity index (χ3v) is 10.3. The lowest BCUT2D eigenvalue weighted by Gasteiger charge is -2.30. The van der Waals surface area contributed by atoms with Crippen LogP contribution in [-0.2, 0) is 6.54 Å². The minimum absolute atomic E-state index is 0.0298. The van der Waals surface area contributed by atoms with E-state index in [1.165, 1.54) is 39.6 Å². The Morgan fingerprint density at radius 2 is 1.58 bits per heavy atom. The SMILES string of the molecule is CCN(C(C)C)C(C)C.O=C(NCc1ccccc1)c1cccc(-n2c(=O)n(C3CCC(NC(=O)c4cn5cc(F)ccc5n4)CC3)c(=O)c3cc(F)cnc32)c1. The Morgan fingerprint density at radius 1 is 0.860 bits per heavy atom. The lowest BCUT2D eigenvalue weighted by Crippen LogP contribution is -2.45. The van der Waals surface area contributed by atoms with E-state index in [1.807, 2.05) is 30.3 Å². The third kappa shape index (κ3) is 9.34. The molecule has 7 rings (SSSR count). The van der Waals surface area contributed by atoms with Crippen LogP contribution >= 0.6 is 0 Å². The molecule has 0 atom stereocenters. The van der Waals surface area contributed by atoms with Crippen LogP contribution in [0.3, 0.4) is 0 Å². The molecular weight excluding hydrogens is 731 g/mol. The fraction of sp³-hybridized carbons (Fsp3) is 0.349. The number of carbonyl (C=O) groups is 2. The number of fused-ring (bicyclic) bond motifs is 2. The molecule has 0 unspecified atom stereocenters. The first-order chi connectivity index (χ1) is 27.3. The summed E-state index contributed by atoms with van der Waals surface area (Å²) in [6.07, 6.45) is 5.30. The van der Waals surface area contributed by atoms with Crippen LogP contribution in [0.1, 0.15) is 92.8 Å². The van der Waals surface area contributed by atoms with Crippen molar-refractivity contribution in [1.29, 1.82) is 0 Å². The molecule has 2 amide bonds. The zero-order valence-electron chi connectivity index (χ0n) is 32.8. The van der Waals surface area contributed by atoms with Gasteiger partial charge < -0.3 is 15.0 Å². The molecule has 2 aromatic carbocycles. The second-order valence-corrected chi connectivity index (χ2v) is 14.8. The highest BCUT2D eigenvalue weighted by atomic mass is 19.1. The molecule has 4 heterocycles. The molecular formula is C43H48F2N8O4. The molecule has 0 bridgehead atoms. The minimum atomic E-state index is -0.730. The first-order valence-electron chi connectivity index (χ1n) is 19.3. The summed E-state index contributed by atoms with van der Waals surface area (Å²) in [7, 11) is 0. The van der Waals surface area contributed by atoms with Gasteiger partial charge in [0, 0.05) is 48.7 Å². The average molecular weight is 779 g/mol. The van der Waals surface area contributed by atoms with Crippen molar-refractivity contribution in [3.63, 3.8) is 0 Å². The van der Waals surface area contributed by atoms with Crippen LogP contribution in [0, 0.1) is 11.6 Å². The van der Waals surface area contributed by atoms with Crippen molar-refractivity contribution in [3.8, 4) is 5.69 Å². The molecule has 2 N–H and O–H groups in total. The summed E-state index contributed by atoms with van der Waals surface area (Å²) >= 11 is 0. The van der Waals surface area contributed by atoms with Gasteiger partial charge in [0.05, 0.1) is 17.3 Å². The van der Waals surface area contributed by atoms with E-state index in [0.29, 0.717) is 55.6 Å². The van der Waals surface area contributed by atoms with Crippen LogP contribution in [0.2, 0.25) is 0 Å². The van der Waals surface area contributed by atoms with Crippen molar-refractivity contribution >= 4 is 28.5 Å². The van der Waals surface area contributed by atoms with Gasteiger partial charge in [-0.05, 0) is 102 Å². The summed E-state index contributed by atoms with van der Waals surface area (Å²) in [6.45, 7) is 12.6. The normalized spacial score (nSPS) is 15.5. The molecule has 57 heavy (non-hydrogen) atoms. The molecule has 0 spiro atoms. The second kappa shape index (κ2) is 17.8. The first-order valence-corrected chi connectivity index (χ1v) is 19.3. The number of nitrogens with one attached hydrogen (secondary N) is 2. The molecule has 1 fully saturated rings. The largest absolute Gasteiger partial charge is 0.348 e. The summed E-state index contributed by atoms with van der Waals surface area (Å²) in [5.41, 5.74) is 0.705. The number of hydrogen-bond donors (Lipinski definition) is 2. The van der Waals surface area contributed by atoms with E-state index in [9.17, 15) is 28.0 Å². The van der Waals surface area contributed by atoms with E-state index in [2.05, 4.69) is 60.1 Å². The second-order valence-electron chi connectivity index (χ2n) is 14.8. The molecule has 12 nitrogen and oxygen atoms in total. The van der Waals surface area contributed by atoms with Crippen molar-refractivity contribution in [1.82, 2.24) is 39.0 Å². The maximum Gasteiger partial charge on any atom is 0.337 e. The topological polar surface area (TPSA) is 136 Å². The number of carbonyl (C=O) groups excluding carboxylic acids is 2. The number of pyridine rings is 2. The molecule has 1 aliphatic rings. The summed E-state index contributed by atoms with van der Waals surface area (Å²) in [6, 6.07) is 20.2. The monoisotopic (exact) mass is 778 g/mol. The van der Waals surface area contributed by atoms with Gasteiger partial charge in [-0.3, -0.25) is 23.9 Å². The van der Waals surface area contributed by atoms with Crippen LogP contribution in [0.4, 0.5) is 8.78 Å². The number of halogens is 2. The summed E-state index contributed by atoms with van der Waals surface area (Å²) in [5, 5.41) is 5.74. The maximum atomic E-state index is 14.4. The van der Waals surface area contributed by atoms with Gasteiger partial charge in [-0.15, -0.1) is 0 Å². The smallest absolute Gasteiger partial charge is 0.337 e. The van der Waals surface area contributed by atoms with Crippen molar-refractivity contribution in [2.45, 2.75) is 91.0 Å². The van der Waals surface area contributed by atoms with Crippen molar-refractivity contribution in [2.75, 3.05) is 6.54 Å². The molecule has 6 aromatic rings. The van der Waals surface area contributed by atoms with E-state index < -0.39 is 34.8 Å². The molecule has 1 aliphatic carbocycles. The van der Waals surface area contributed by atoms with Gasteiger partial charge in [-0.2, -0.15) is 0 Å². The Hall–Kier alpha value is -6.02. The molecule has 0 saturated heterocycles. The van der Waals surface area contributed by atoms with Gasteiger partial charge in [-0.1, -0.05) is 43.3 Å². The molecule has 14 heteroatoms. The highest BCUT2D eigenvalue weighted by Gasteiger charge is 2.29. The Kier molecular flexibility index (Phi) is 12.7. The van der Waals surface area contributed by atoms with Gasteiger partial charge in [0.25, 0.3) is 17.4 Å². The standard InChI is InChI=1S/C35H29F2N7O4.C8H19N/c36-23-9-14-30-41-29(20-42(30)19-23)33(46)40-25-10-12-26(13-11-25)44-34(47)28-16-24(37)18-38-31(28)43(35(44)48)27-8-4-7-22(15-27)32(45)39-17-21-5-2-1-3-6-21;1-6-9(7(2)3)8(4)5/h1-9,14-16,18-20,25-26H,10-13,17H2,(H,39,45)(H,40,46);7-8H,6H2,1-5H3. The number of benzene rings is 2. The van der Waals surface area contributed by atoms with Gasteiger partial charge in [0.1, 0.15) is 23.0 Å². The van der Waals surface area contributed by atoms with Gasteiger partial charge in [0.2, 0.25) is 0 Å². The van der Waals surface area contributed by atoms with Crippen molar-refractivity contribution in [3.05, 3.63) is 141 Å². The Balaban J connectivity index is 0.000000546. The fourth-order valence-electron chi connectivity index (χ4n) is 7.54. The van der Waals surface area contributed by atoms with E-state index in [1.54, 1.807) is 18.2 Å². The number of amides is 2. The Bertz CT molecular complexity index is 2480. The molecule has 4 aromatic heterocycles. The highest BCUT2D eigenvalue weighted by molar-refractivity contribution is 5.95. The summed E-state index contributed by atoms with van der Waals surface area (Å²) in [5.74, 6) is -1.96. The Morgan fingerprint density at radius 3 is 2.25 bits per heavy atom. The van der Waals surface area contributed by atoms with Gasteiger partial charge in [0.15, 0.2) is 5.65 Å². The number of aromatic nitrogens is 5. The molecule has 1 saturated carbocycles. The summed E-state index contributed by atoms with van der Waals surface area (Å²) < 4.78 is 31.8. The predicted octanol–water partition coefficient (Wildman–Crippen LogP) is 6.44. The lowest BCUT2D eigenvalue weighted by molar-refractivity contribution is 0.0915. The van der Waals surface area contributed by atoms with Crippen LogP contribution in [0.5, 0.6) is 0 Å². The molecule has 0 aliphatic heterocycles. The maximum absolute atomic E-state index is 14.4. The van der Waals surface area contributed by atoms with Gasteiger partial charge in [-0.25, -0.2) is 28.1 Å². The number of hydrogen-bond acceptors (Lipinski definition) is 7. The summed E-state index contributed by atoms with van der Waals surface area (Å²) in [4.78, 5) is 64.6. The average Bonchev–Trinajstić information content (AvgIpc) is 3.62. The highest BCUT2D eigenvalue weighted by Crippen LogP contribution is 2.28. The third-order valence-electron chi connectivity index (χ3n) is 10.3. The first kappa shape index (κ1) is 40.6. The minimum Gasteiger partial charge on any atom is -0.348 e. The van der Waals surface area contributed by atoms with Crippen LogP contribution < -0.4 is 21.9 Å². The molecule has 298 valence electrons.